The van der Waals surface area contributed by atoms with Crippen molar-refractivity contribution < 1.29 is 14.6 Å². The maximum Gasteiger partial charge on any atom is 0.356 e. The number of carbonyl (C=O) groups is 1. The van der Waals surface area contributed by atoms with E-state index < -0.39 is 5.97 Å². The molecule has 0 saturated carbocycles. The summed E-state index contributed by atoms with van der Waals surface area (Å²) in [5, 5.41) is 9.67. The largest absolute Gasteiger partial charge is 0.507 e. The highest BCUT2D eigenvalue weighted by Crippen LogP contribution is 2.27. The average molecular weight is 229 g/mol. The fraction of sp³-hybridized carbons (Fsp3) is 0.0769. The molecule has 17 heavy (non-hydrogen) atoms. The van der Waals surface area contributed by atoms with Crippen LogP contribution in [0.3, 0.4) is 0 Å². The fourth-order valence-electron chi connectivity index (χ4n) is 1.50. The lowest BCUT2D eigenvalue weighted by Gasteiger charge is -2.04. The topological polar surface area (TPSA) is 59.4 Å². The van der Waals surface area contributed by atoms with Crippen LogP contribution < -0.4 is 0 Å². The molecule has 4 heteroatoms. The van der Waals surface area contributed by atoms with E-state index >= 15 is 0 Å². The first-order valence-corrected chi connectivity index (χ1v) is 5.05. The number of phenols is 1. The van der Waals surface area contributed by atoms with Gasteiger partial charge in [0.05, 0.1) is 7.11 Å². The number of aromatic hydroxyl groups is 1. The van der Waals surface area contributed by atoms with Gasteiger partial charge >= 0.3 is 5.97 Å². The Bertz CT molecular complexity index is 535. The zero-order valence-electron chi connectivity index (χ0n) is 9.25. The summed E-state index contributed by atoms with van der Waals surface area (Å²) in [6.07, 6.45) is 1.53. The van der Waals surface area contributed by atoms with E-state index in [0.717, 1.165) is 5.56 Å². The Morgan fingerprint density at radius 1 is 1.24 bits per heavy atom. The third-order valence-electron chi connectivity index (χ3n) is 2.37. The number of esters is 1. The summed E-state index contributed by atoms with van der Waals surface area (Å²) in [7, 11) is 1.31. The monoisotopic (exact) mass is 229 g/mol. The lowest BCUT2D eigenvalue weighted by Crippen LogP contribution is -2.03. The number of ether oxygens (including phenoxy) is 1. The number of aromatic nitrogens is 1. The number of benzene rings is 1. The molecule has 4 nitrogen and oxygen atoms in total. The first kappa shape index (κ1) is 11.1. The Labute approximate surface area is 98.5 Å². The Morgan fingerprint density at radius 3 is 2.59 bits per heavy atom. The third kappa shape index (κ3) is 2.25. The molecule has 0 bridgehead atoms. The molecule has 0 aliphatic heterocycles. The van der Waals surface area contributed by atoms with Crippen LogP contribution in [-0.4, -0.2) is 23.2 Å². The normalized spacial score (nSPS) is 9.94. The Morgan fingerprint density at radius 2 is 2.00 bits per heavy atom. The molecule has 1 aromatic carbocycles. The fourth-order valence-corrected chi connectivity index (χ4v) is 1.50. The van der Waals surface area contributed by atoms with Crippen LogP contribution in [-0.2, 0) is 4.74 Å². The van der Waals surface area contributed by atoms with Crippen molar-refractivity contribution in [3.05, 3.63) is 48.3 Å². The van der Waals surface area contributed by atoms with Crippen LogP contribution in [0.15, 0.2) is 42.6 Å². The molecule has 0 aliphatic carbocycles. The van der Waals surface area contributed by atoms with Gasteiger partial charge in [-0.2, -0.15) is 0 Å². The van der Waals surface area contributed by atoms with Crippen LogP contribution in [0.2, 0.25) is 0 Å². The van der Waals surface area contributed by atoms with Crippen molar-refractivity contribution in [1.29, 1.82) is 0 Å². The Kier molecular flexibility index (Phi) is 3.05. The quantitative estimate of drug-likeness (QED) is 0.802. The molecule has 0 saturated heterocycles. The van der Waals surface area contributed by atoms with E-state index in [1.54, 1.807) is 30.3 Å². The third-order valence-corrected chi connectivity index (χ3v) is 2.37. The predicted molar refractivity (Wildman–Crippen MR) is 62.7 cm³/mol. The van der Waals surface area contributed by atoms with Gasteiger partial charge in [-0.05, 0) is 12.1 Å². The van der Waals surface area contributed by atoms with Gasteiger partial charge in [0.25, 0.3) is 0 Å². The van der Waals surface area contributed by atoms with Gasteiger partial charge in [0.15, 0.2) is 0 Å². The van der Waals surface area contributed by atoms with Crippen LogP contribution >= 0.6 is 0 Å². The minimum atomic E-state index is -0.478. The SMILES string of the molecule is COC(=O)c1ccc(-c2ccccc2O)cn1. The highest BCUT2D eigenvalue weighted by atomic mass is 16.5. The maximum atomic E-state index is 11.2. The van der Waals surface area contributed by atoms with Crippen molar-refractivity contribution in [2.75, 3.05) is 7.11 Å². The van der Waals surface area contributed by atoms with Crippen molar-refractivity contribution in [3.8, 4) is 16.9 Å². The number of rotatable bonds is 2. The zero-order valence-corrected chi connectivity index (χ0v) is 9.25. The summed E-state index contributed by atoms with van der Waals surface area (Å²) < 4.78 is 4.55. The molecule has 0 aliphatic rings. The number of carbonyl (C=O) groups excluding carboxylic acids is 1. The standard InChI is InChI=1S/C13H11NO3/c1-17-13(16)11-7-6-9(8-14-11)10-4-2-3-5-12(10)15/h2-8,15H,1H3. The van der Waals surface area contributed by atoms with Crippen LogP contribution in [0.25, 0.3) is 11.1 Å². The number of nitrogens with zero attached hydrogens (tertiary/aromatic N) is 1. The zero-order chi connectivity index (χ0) is 12.3. The summed E-state index contributed by atoms with van der Waals surface area (Å²) >= 11 is 0. The first-order valence-electron chi connectivity index (χ1n) is 5.05. The van der Waals surface area contributed by atoms with Crippen molar-refractivity contribution in [2.45, 2.75) is 0 Å². The van der Waals surface area contributed by atoms with Crippen LogP contribution in [0.4, 0.5) is 0 Å². The molecule has 0 unspecified atom stereocenters. The number of methoxy groups -OCH3 is 1. The van der Waals surface area contributed by atoms with E-state index in [0.29, 0.717) is 5.56 Å². The molecule has 86 valence electrons. The van der Waals surface area contributed by atoms with Crippen molar-refractivity contribution in [3.63, 3.8) is 0 Å². The van der Waals surface area contributed by atoms with E-state index in [2.05, 4.69) is 9.72 Å². The van der Waals surface area contributed by atoms with Gasteiger partial charge in [0.1, 0.15) is 11.4 Å². The second-order valence-electron chi connectivity index (χ2n) is 3.44. The van der Waals surface area contributed by atoms with Crippen molar-refractivity contribution >= 4 is 5.97 Å². The van der Waals surface area contributed by atoms with Crippen LogP contribution in [0, 0.1) is 0 Å². The minimum absolute atomic E-state index is 0.181. The molecule has 0 radical (unpaired) electrons. The molecule has 2 rings (SSSR count). The summed E-state index contributed by atoms with van der Waals surface area (Å²) in [6, 6.07) is 10.2. The highest BCUT2D eigenvalue weighted by Gasteiger charge is 2.08. The summed E-state index contributed by atoms with van der Waals surface area (Å²) in [5.41, 5.74) is 1.67. The Hall–Kier alpha value is -2.36. The summed E-state index contributed by atoms with van der Waals surface area (Å²) in [6.45, 7) is 0. The number of hydrogen-bond donors (Lipinski definition) is 1. The van der Waals surface area contributed by atoms with Gasteiger partial charge in [-0.3, -0.25) is 0 Å². The molecule has 0 amide bonds. The summed E-state index contributed by atoms with van der Waals surface area (Å²) in [4.78, 5) is 15.2. The van der Waals surface area contributed by atoms with Crippen LogP contribution in [0.5, 0.6) is 5.75 Å². The number of hydrogen-bond acceptors (Lipinski definition) is 4. The second kappa shape index (κ2) is 4.65. The molecule has 0 spiro atoms. The van der Waals surface area contributed by atoms with E-state index in [1.165, 1.54) is 13.3 Å². The molecule has 0 fully saturated rings. The number of para-hydroxylation sites is 1. The van der Waals surface area contributed by atoms with E-state index in [1.807, 2.05) is 6.07 Å². The van der Waals surface area contributed by atoms with Gasteiger partial charge in [0.2, 0.25) is 0 Å². The van der Waals surface area contributed by atoms with Gasteiger partial charge in [-0.25, -0.2) is 9.78 Å². The molecule has 1 N–H and O–H groups in total. The molecular weight excluding hydrogens is 218 g/mol. The van der Waals surface area contributed by atoms with Gasteiger partial charge in [-0.1, -0.05) is 24.3 Å². The van der Waals surface area contributed by atoms with Gasteiger partial charge in [-0.15, -0.1) is 0 Å². The van der Waals surface area contributed by atoms with E-state index in [4.69, 9.17) is 0 Å². The minimum Gasteiger partial charge on any atom is -0.507 e. The first-order chi connectivity index (χ1) is 8.22. The van der Waals surface area contributed by atoms with Crippen LogP contribution in [0.1, 0.15) is 10.5 Å². The Balaban J connectivity index is 2.36. The molecular formula is C13H11NO3. The predicted octanol–water partition coefficient (Wildman–Crippen LogP) is 2.24. The van der Waals surface area contributed by atoms with Crippen molar-refractivity contribution in [2.24, 2.45) is 0 Å². The van der Waals surface area contributed by atoms with E-state index in [-0.39, 0.29) is 11.4 Å². The second-order valence-corrected chi connectivity index (χ2v) is 3.44. The lowest BCUT2D eigenvalue weighted by atomic mass is 10.1. The molecule has 2 aromatic rings. The maximum absolute atomic E-state index is 11.2. The van der Waals surface area contributed by atoms with Gasteiger partial charge < -0.3 is 9.84 Å². The number of pyridine rings is 1. The molecule has 1 aromatic heterocycles. The summed E-state index contributed by atoms with van der Waals surface area (Å²) in [5.74, 6) is -0.297. The number of phenolic OH excluding ortho intramolecular Hbond substituents is 1. The van der Waals surface area contributed by atoms with Gasteiger partial charge in [0, 0.05) is 17.3 Å². The smallest absolute Gasteiger partial charge is 0.356 e. The van der Waals surface area contributed by atoms with Crippen molar-refractivity contribution in [1.82, 2.24) is 4.98 Å². The average Bonchev–Trinajstić information content (AvgIpc) is 2.39. The molecule has 0 atom stereocenters. The van der Waals surface area contributed by atoms with E-state index in [9.17, 15) is 9.90 Å². The highest BCUT2D eigenvalue weighted by molar-refractivity contribution is 5.87. The lowest BCUT2D eigenvalue weighted by molar-refractivity contribution is 0.0594. The molecule has 1 heterocycles.